The first-order chi connectivity index (χ1) is 15.3. The molecule has 31 heavy (non-hydrogen) atoms. The van der Waals surface area contributed by atoms with Crippen molar-refractivity contribution in [1.29, 1.82) is 0 Å². The van der Waals surface area contributed by atoms with Gasteiger partial charge in [0.15, 0.2) is 11.5 Å². The number of benzene rings is 1. The quantitative estimate of drug-likeness (QED) is 0.455. The van der Waals surface area contributed by atoms with Crippen molar-refractivity contribution in [3.05, 3.63) is 54.5 Å². The van der Waals surface area contributed by atoms with Crippen LogP contribution in [-0.4, -0.2) is 43.3 Å². The van der Waals surface area contributed by atoms with Gasteiger partial charge in [-0.15, -0.1) is 0 Å². The van der Waals surface area contributed by atoms with E-state index in [9.17, 15) is 0 Å². The third kappa shape index (κ3) is 3.60. The zero-order valence-corrected chi connectivity index (χ0v) is 17.9. The van der Waals surface area contributed by atoms with Gasteiger partial charge in [0.25, 0.3) is 0 Å². The van der Waals surface area contributed by atoms with Crippen LogP contribution >= 0.6 is 11.8 Å². The molecule has 154 valence electrons. The van der Waals surface area contributed by atoms with Gasteiger partial charge in [-0.1, -0.05) is 30.7 Å². The summed E-state index contributed by atoms with van der Waals surface area (Å²) in [5, 5.41) is 0.873. The largest absolute Gasteiger partial charge is 0.364 e. The van der Waals surface area contributed by atoms with Crippen LogP contribution in [0.5, 0.6) is 0 Å². The van der Waals surface area contributed by atoms with Crippen molar-refractivity contribution in [2.45, 2.75) is 29.8 Å². The van der Waals surface area contributed by atoms with E-state index >= 15 is 0 Å². The van der Waals surface area contributed by atoms with Gasteiger partial charge >= 0.3 is 0 Å². The van der Waals surface area contributed by atoms with Crippen molar-refractivity contribution in [2.24, 2.45) is 0 Å². The minimum absolute atomic E-state index is 0.392. The molecule has 1 aliphatic heterocycles. The number of rotatable bonds is 4. The van der Waals surface area contributed by atoms with Crippen LogP contribution in [0.2, 0.25) is 0 Å². The average molecular weight is 430 g/mol. The Kier molecular flexibility index (Phi) is 5.24. The van der Waals surface area contributed by atoms with Gasteiger partial charge < -0.3 is 9.30 Å². The fraction of sp³-hybridized carbons (Fsp3) is 0.227. The molecule has 0 bridgehead atoms. The van der Waals surface area contributed by atoms with E-state index in [1.54, 1.807) is 43.9 Å². The Labute approximate surface area is 183 Å². The monoisotopic (exact) mass is 429 g/mol. The predicted octanol–water partition coefficient (Wildman–Crippen LogP) is 3.63. The molecule has 8 nitrogen and oxygen atoms in total. The van der Waals surface area contributed by atoms with Gasteiger partial charge in [0, 0.05) is 30.8 Å². The Bertz CT molecular complexity index is 1320. The van der Waals surface area contributed by atoms with Crippen molar-refractivity contribution >= 4 is 34.4 Å². The molecule has 0 saturated heterocycles. The lowest BCUT2D eigenvalue weighted by molar-refractivity contribution is 0.204. The number of imidazole rings is 1. The third-order valence-corrected chi connectivity index (χ3v) is 5.87. The minimum atomic E-state index is 0.392. The topological polar surface area (TPSA) is 81.9 Å². The first-order valence-corrected chi connectivity index (χ1v) is 10.6. The summed E-state index contributed by atoms with van der Waals surface area (Å²) >= 11 is 1.62. The maximum atomic E-state index is 5.45. The summed E-state index contributed by atoms with van der Waals surface area (Å²) < 4.78 is 7.46. The molecule has 1 aromatic carbocycles. The van der Waals surface area contributed by atoms with Crippen LogP contribution in [0.3, 0.4) is 0 Å². The molecule has 5 rings (SSSR count). The van der Waals surface area contributed by atoms with Crippen LogP contribution in [0.15, 0.2) is 53.2 Å². The Balaban J connectivity index is 1.51. The molecule has 3 aromatic heterocycles. The fourth-order valence-electron chi connectivity index (χ4n) is 3.47. The van der Waals surface area contributed by atoms with Crippen LogP contribution in [-0.2, 0) is 11.3 Å². The number of methoxy groups -OCH3 is 1. The highest BCUT2D eigenvalue weighted by Gasteiger charge is 2.26. The Hall–Kier alpha value is -3.48. The van der Waals surface area contributed by atoms with Crippen molar-refractivity contribution in [3.63, 3.8) is 0 Å². The van der Waals surface area contributed by atoms with Crippen LogP contribution < -0.4 is 4.90 Å². The molecule has 0 saturated carbocycles. The van der Waals surface area contributed by atoms with Crippen molar-refractivity contribution in [2.75, 3.05) is 18.7 Å². The lowest BCUT2D eigenvalue weighted by Crippen LogP contribution is -2.24. The minimum Gasteiger partial charge on any atom is -0.364 e. The van der Waals surface area contributed by atoms with E-state index < -0.39 is 0 Å². The standard InChI is InChI=1S/C22H19N7OS/c1-3-4-5-16-19-20(26-12-25-16)28(13-27-19)11-15-6-7-18-17(10-15)29(14-30-2)21-22(31-18)24-9-8-23-21/h6-10,12-13H,3,11,14H2,1-2H3. The lowest BCUT2D eigenvalue weighted by Gasteiger charge is -2.30. The highest BCUT2D eigenvalue weighted by Crippen LogP contribution is 2.46. The molecule has 1 aliphatic rings. The number of hydrogen-bond acceptors (Lipinski definition) is 8. The molecule has 0 amide bonds. The number of aromatic nitrogens is 6. The number of fused-ring (bicyclic) bond motifs is 3. The maximum Gasteiger partial charge on any atom is 0.168 e. The van der Waals surface area contributed by atoms with Crippen LogP contribution in [0.4, 0.5) is 11.5 Å². The van der Waals surface area contributed by atoms with E-state index in [0.29, 0.717) is 19.0 Å². The first kappa shape index (κ1) is 19.5. The van der Waals surface area contributed by atoms with Crippen LogP contribution in [0, 0.1) is 11.8 Å². The summed E-state index contributed by atoms with van der Waals surface area (Å²) in [5.41, 5.74) is 4.32. The second-order valence-electron chi connectivity index (χ2n) is 6.86. The van der Waals surface area contributed by atoms with Gasteiger partial charge in [-0.3, -0.25) is 4.90 Å². The molecule has 0 atom stereocenters. The van der Waals surface area contributed by atoms with Gasteiger partial charge in [-0.05, 0) is 23.6 Å². The summed E-state index contributed by atoms with van der Waals surface area (Å²) in [5.74, 6) is 6.93. The molecule has 0 unspecified atom stereocenters. The maximum absolute atomic E-state index is 5.45. The van der Waals surface area contributed by atoms with Crippen LogP contribution in [0.25, 0.3) is 11.2 Å². The number of hydrogen-bond donors (Lipinski definition) is 0. The summed E-state index contributed by atoms with van der Waals surface area (Å²) in [6, 6.07) is 6.38. The normalized spacial score (nSPS) is 12.3. The van der Waals surface area contributed by atoms with E-state index in [-0.39, 0.29) is 0 Å². The van der Waals surface area contributed by atoms with Crippen molar-refractivity contribution in [1.82, 2.24) is 29.5 Å². The fourth-order valence-corrected chi connectivity index (χ4v) is 4.45. The summed E-state index contributed by atoms with van der Waals surface area (Å²) in [7, 11) is 1.68. The molecular formula is C22H19N7OS. The van der Waals surface area contributed by atoms with Crippen LogP contribution in [0.1, 0.15) is 24.6 Å². The Morgan fingerprint density at radius 3 is 2.87 bits per heavy atom. The van der Waals surface area contributed by atoms with Crippen molar-refractivity contribution < 1.29 is 4.74 Å². The van der Waals surface area contributed by atoms with E-state index in [4.69, 9.17) is 4.74 Å². The number of anilines is 2. The predicted molar refractivity (Wildman–Crippen MR) is 118 cm³/mol. The summed E-state index contributed by atoms with van der Waals surface area (Å²) in [6.45, 7) is 3.03. The smallest absolute Gasteiger partial charge is 0.168 e. The first-order valence-electron chi connectivity index (χ1n) is 9.81. The van der Waals surface area contributed by atoms with E-state index in [0.717, 1.165) is 44.6 Å². The molecule has 4 heterocycles. The second kappa shape index (κ2) is 8.34. The SMILES string of the molecule is CCC#Cc1ncnc2c1ncn2Cc1ccc2c(c1)N(COC)c1nccnc1S2. The average Bonchev–Trinajstić information content (AvgIpc) is 3.21. The van der Waals surface area contributed by atoms with Gasteiger partial charge in [0.05, 0.1) is 18.6 Å². The van der Waals surface area contributed by atoms with Gasteiger partial charge in [0.2, 0.25) is 0 Å². The van der Waals surface area contributed by atoms with E-state index in [1.807, 2.05) is 16.4 Å². The zero-order chi connectivity index (χ0) is 21.2. The number of ether oxygens (including phenoxy) is 1. The zero-order valence-electron chi connectivity index (χ0n) is 17.1. The molecular weight excluding hydrogens is 410 g/mol. The van der Waals surface area contributed by atoms with E-state index in [2.05, 4.69) is 55.0 Å². The second-order valence-corrected chi connectivity index (χ2v) is 7.89. The molecule has 4 aromatic rings. The molecule has 0 aliphatic carbocycles. The van der Waals surface area contributed by atoms with E-state index in [1.165, 1.54) is 0 Å². The molecule has 0 fully saturated rings. The van der Waals surface area contributed by atoms with Gasteiger partial charge in [0.1, 0.15) is 29.3 Å². The Morgan fingerprint density at radius 2 is 2.00 bits per heavy atom. The lowest BCUT2D eigenvalue weighted by atomic mass is 10.1. The van der Waals surface area contributed by atoms with Gasteiger partial charge in [-0.25, -0.2) is 24.9 Å². The molecule has 9 heteroatoms. The molecule has 0 radical (unpaired) electrons. The molecule has 0 spiro atoms. The Morgan fingerprint density at radius 1 is 1.10 bits per heavy atom. The third-order valence-electron chi connectivity index (χ3n) is 4.82. The molecule has 0 N–H and O–H groups in total. The summed E-state index contributed by atoms with van der Waals surface area (Å²) in [4.78, 5) is 25.4. The van der Waals surface area contributed by atoms with Crippen molar-refractivity contribution in [3.8, 4) is 11.8 Å². The highest BCUT2D eigenvalue weighted by atomic mass is 32.2. The van der Waals surface area contributed by atoms with Gasteiger partial charge in [-0.2, -0.15) is 0 Å². The highest BCUT2D eigenvalue weighted by molar-refractivity contribution is 7.99. The number of nitrogens with zero attached hydrogens (tertiary/aromatic N) is 7. The summed E-state index contributed by atoms with van der Waals surface area (Å²) in [6.07, 6.45) is 7.51.